The number of piperidine rings is 1. The molecule has 8 unspecified atom stereocenters. The van der Waals surface area contributed by atoms with Crippen molar-refractivity contribution in [1.29, 1.82) is 0 Å². The van der Waals surface area contributed by atoms with E-state index in [2.05, 4.69) is 84.8 Å². The van der Waals surface area contributed by atoms with Gasteiger partial charge in [-0.2, -0.15) is 0 Å². The van der Waals surface area contributed by atoms with Crippen LogP contribution in [0.1, 0.15) is 96.1 Å². The number of anilines is 1. The first kappa shape index (κ1) is 35.3. The third kappa shape index (κ3) is 10.3. The second kappa shape index (κ2) is 16.9. The molecule has 0 bridgehead atoms. The summed E-state index contributed by atoms with van der Waals surface area (Å²) < 4.78 is 0. The molecule has 5 rings (SSSR count). The molecule has 6 nitrogen and oxygen atoms in total. The summed E-state index contributed by atoms with van der Waals surface area (Å²) in [6.07, 6.45) is 12.8. The van der Waals surface area contributed by atoms with Gasteiger partial charge in [0.2, 0.25) is 0 Å². The van der Waals surface area contributed by atoms with E-state index in [1.54, 1.807) is 0 Å². The van der Waals surface area contributed by atoms with Crippen molar-refractivity contribution in [3.63, 3.8) is 0 Å². The van der Waals surface area contributed by atoms with Crippen molar-refractivity contribution >= 4 is 5.69 Å². The van der Waals surface area contributed by atoms with Gasteiger partial charge in [-0.25, -0.2) is 0 Å². The first-order valence-electron chi connectivity index (χ1n) is 18.6. The van der Waals surface area contributed by atoms with E-state index in [1.807, 2.05) is 6.07 Å². The molecule has 1 saturated carbocycles. The molecule has 6 heteroatoms. The number of aliphatic hydroxyl groups excluding tert-OH is 2. The minimum Gasteiger partial charge on any atom is -0.391 e. The minimum atomic E-state index is -0.450. The van der Waals surface area contributed by atoms with E-state index in [0.29, 0.717) is 30.3 Å². The van der Waals surface area contributed by atoms with E-state index >= 15 is 0 Å². The number of para-hydroxylation sites is 1. The first-order valence-corrected chi connectivity index (χ1v) is 18.6. The summed E-state index contributed by atoms with van der Waals surface area (Å²) in [7, 11) is 0. The molecule has 0 amide bonds. The number of aliphatic hydroxyl groups is 2. The lowest BCUT2D eigenvalue weighted by molar-refractivity contribution is -0.00804. The summed E-state index contributed by atoms with van der Waals surface area (Å²) in [6, 6.07) is 19.6. The highest BCUT2D eigenvalue weighted by atomic mass is 16.3. The number of nitrogens with zero attached hydrogens (tertiary/aromatic N) is 1. The van der Waals surface area contributed by atoms with Crippen LogP contribution < -0.4 is 16.4 Å². The molecule has 2 aromatic carbocycles. The quantitative estimate of drug-likeness (QED) is 0.156. The smallest absolute Gasteiger partial charge is 0.0823 e. The Kier molecular flexibility index (Phi) is 13.0. The van der Waals surface area contributed by atoms with Gasteiger partial charge in [0.15, 0.2) is 0 Å². The number of nitrogens with one attached hydrogen (secondary N) is 2. The third-order valence-electron chi connectivity index (χ3n) is 11.4. The maximum absolute atomic E-state index is 12.0. The molecule has 0 spiro atoms. The van der Waals surface area contributed by atoms with Gasteiger partial charge in [0.05, 0.1) is 18.2 Å². The number of benzene rings is 2. The van der Waals surface area contributed by atoms with Crippen molar-refractivity contribution in [2.24, 2.45) is 28.9 Å². The summed E-state index contributed by atoms with van der Waals surface area (Å²) in [5.41, 5.74) is 10.1. The van der Waals surface area contributed by atoms with Gasteiger partial charge in [-0.1, -0.05) is 88.6 Å². The zero-order valence-electron chi connectivity index (χ0n) is 29.0. The van der Waals surface area contributed by atoms with E-state index in [0.717, 1.165) is 62.8 Å². The molecule has 0 radical (unpaired) electrons. The lowest BCUT2D eigenvalue weighted by Gasteiger charge is -2.48. The summed E-state index contributed by atoms with van der Waals surface area (Å²) in [4.78, 5) is 2.69. The van der Waals surface area contributed by atoms with Gasteiger partial charge >= 0.3 is 0 Å². The van der Waals surface area contributed by atoms with Crippen molar-refractivity contribution < 1.29 is 10.2 Å². The minimum absolute atomic E-state index is 0.0275. The number of hydrogen-bond acceptors (Lipinski definition) is 6. The monoisotopic (exact) mass is 633 g/mol. The standard InChI is InChI=1S/C40H64N4O2/c1-40(2,3)21-19-34-24-31-13-7-8-15-33(31)27-44(34)28-39(46)37(23-29-11-5-4-6-12-29)42-26-30(20-22-41)17-18-36-38(45)25-32-14-9-10-16-35(32)43-36/h4-6,9-12,14,16,30-31,33-34,36-39,42-43,45-46H,7-8,13,15,17-28,41H2,1-3H3. The van der Waals surface area contributed by atoms with Gasteiger partial charge in [0.1, 0.15) is 0 Å². The molecular weight excluding hydrogens is 568 g/mol. The van der Waals surface area contributed by atoms with Gasteiger partial charge in [0, 0.05) is 37.3 Å². The van der Waals surface area contributed by atoms with Crippen LogP contribution in [-0.2, 0) is 12.8 Å². The number of β-amino-alcohol motifs (C(OH)–C–C–N with tert-alkyl or cyclic N) is 1. The number of fused-ring (bicyclic) bond motifs is 2. The fourth-order valence-corrected chi connectivity index (χ4v) is 8.57. The normalized spacial score (nSPS) is 27.2. The second-order valence-corrected chi connectivity index (χ2v) is 16.2. The first-order chi connectivity index (χ1) is 22.2. The van der Waals surface area contributed by atoms with E-state index in [-0.39, 0.29) is 18.2 Å². The highest BCUT2D eigenvalue weighted by Gasteiger charge is 2.38. The summed E-state index contributed by atoms with van der Waals surface area (Å²) in [6.45, 7) is 10.4. The Morgan fingerprint density at radius 1 is 0.978 bits per heavy atom. The Morgan fingerprint density at radius 3 is 2.48 bits per heavy atom. The molecule has 6 N–H and O–H groups in total. The lowest BCUT2D eigenvalue weighted by Crippen LogP contribution is -2.55. The molecule has 1 saturated heterocycles. The van der Waals surface area contributed by atoms with Crippen LogP contribution in [0.4, 0.5) is 5.69 Å². The molecule has 2 aliphatic heterocycles. The zero-order chi connectivity index (χ0) is 32.5. The molecule has 0 aromatic heterocycles. The number of likely N-dealkylation sites (tertiary alicyclic amines) is 1. The molecule has 256 valence electrons. The van der Waals surface area contributed by atoms with Gasteiger partial charge < -0.3 is 26.6 Å². The summed E-state index contributed by atoms with van der Waals surface area (Å²) in [5, 5.41) is 30.4. The summed E-state index contributed by atoms with van der Waals surface area (Å²) in [5.74, 6) is 2.05. The van der Waals surface area contributed by atoms with Crippen molar-refractivity contribution in [2.45, 2.75) is 128 Å². The maximum atomic E-state index is 12.0. The Hall–Kier alpha value is -1.96. The topological polar surface area (TPSA) is 93.8 Å². The molecule has 8 atom stereocenters. The molecule has 2 fully saturated rings. The highest BCUT2D eigenvalue weighted by molar-refractivity contribution is 5.54. The van der Waals surface area contributed by atoms with Crippen LogP contribution in [0.5, 0.6) is 0 Å². The van der Waals surface area contributed by atoms with Crippen LogP contribution in [0.2, 0.25) is 0 Å². The van der Waals surface area contributed by atoms with Crippen LogP contribution in [0.15, 0.2) is 54.6 Å². The van der Waals surface area contributed by atoms with Gasteiger partial charge in [0.25, 0.3) is 0 Å². The molecule has 46 heavy (non-hydrogen) atoms. The average Bonchev–Trinajstić information content (AvgIpc) is 3.04. The average molecular weight is 633 g/mol. The van der Waals surface area contributed by atoms with E-state index < -0.39 is 6.10 Å². The lowest BCUT2D eigenvalue weighted by atomic mass is 9.71. The van der Waals surface area contributed by atoms with E-state index in [9.17, 15) is 10.2 Å². The highest BCUT2D eigenvalue weighted by Crippen LogP contribution is 2.40. The van der Waals surface area contributed by atoms with Crippen LogP contribution in [-0.4, -0.2) is 71.6 Å². The Labute approximate surface area is 279 Å². The SMILES string of the molecule is CC(C)(C)CCC1CC2CCCCC2CN1CC(O)C(Cc1ccccc1)NCC(CCN)CCC1Nc2ccccc2CC1O. The van der Waals surface area contributed by atoms with Crippen LogP contribution >= 0.6 is 0 Å². The predicted octanol–water partition coefficient (Wildman–Crippen LogP) is 6.40. The van der Waals surface area contributed by atoms with Gasteiger partial charge in [-0.15, -0.1) is 0 Å². The Bertz CT molecular complexity index is 1170. The molecule has 1 aliphatic carbocycles. The molecular formula is C40H64N4O2. The van der Waals surface area contributed by atoms with E-state index in [1.165, 1.54) is 56.1 Å². The fraction of sp³-hybridized carbons (Fsp3) is 0.700. The maximum Gasteiger partial charge on any atom is 0.0823 e. The zero-order valence-corrected chi connectivity index (χ0v) is 29.0. The van der Waals surface area contributed by atoms with Gasteiger partial charge in [-0.3, -0.25) is 4.90 Å². The third-order valence-corrected chi connectivity index (χ3v) is 11.4. The largest absolute Gasteiger partial charge is 0.391 e. The van der Waals surface area contributed by atoms with E-state index in [4.69, 9.17) is 5.73 Å². The molecule has 2 aromatic rings. The Morgan fingerprint density at radius 2 is 1.72 bits per heavy atom. The van der Waals surface area contributed by atoms with Crippen LogP contribution in [0.25, 0.3) is 0 Å². The molecule has 3 aliphatic rings. The summed E-state index contributed by atoms with van der Waals surface area (Å²) >= 11 is 0. The van der Waals surface area contributed by atoms with Crippen molar-refractivity contribution in [3.05, 3.63) is 65.7 Å². The van der Waals surface area contributed by atoms with Crippen LogP contribution in [0, 0.1) is 23.2 Å². The second-order valence-electron chi connectivity index (χ2n) is 16.2. The molecule has 2 heterocycles. The van der Waals surface area contributed by atoms with Crippen molar-refractivity contribution in [1.82, 2.24) is 10.2 Å². The number of rotatable bonds is 15. The van der Waals surface area contributed by atoms with Crippen LogP contribution in [0.3, 0.4) is 0 Å². The van der Waals surface area contributed by atoms with Gasteiger partial charge in [-0.05, 0) is 105 Å². The fourth-order valence-electron chi connectivity index (χ4n) is 8.57. The predicted molar refractivity (Wildman–Crippen MR) is 192 cm³/mol. The number of nitrogens with two attached hydrogens (primary N) is 1. The Balaban J connectivity index is 1.23. The van der Waals surface area contributed by atoms with Crippen molar-refractivity contribution in [3.8, 4) is 0 Å². The number of hydrogen-bond donors (Lipinski definition) is 5. The van der Waals surface area contributed by atoms with Crippen molar-refractivity contribution in [2.75, 3.05) is 31.5 Å².